The third-order valence-corrected chi connectivity index (χ3v) is 3.33. The highest BCUT2D eigenvalue weighted by Gasteiger charge is 2.23. The van der Waals surface area contributed by atoms with Gasteiger partial charge >= 0.3 is 0 Å². The Morgan fingerprint density at radius 1 is 1.23 bits per heavy atom. The minimum absolute atomic E-state index is 0.761. The molecule has 0 bridgehead atoms. The molecule has 2 aliphatic rings. The fourth-order valence-electron chi connectivity index (χ4n) is 2.36. The summed E-state index contributed by atoms with van der Waals surface area (Å²) in [4.78, 5) is 4.58. The smallest absolute Gasteiger partial charge is 0.0994 e. The monoisotopic (exact) mass is 180 g/mol. The molecule has 1 heterocycles. The molecule has 0 saturated heterocycles. The van der Waals surface area contributed by atoms with E-state index >= 15 is 0 Å². The van der Waals surface area contributed by atoms with Crippen molar-refractivity contribution in [2.75, 3.05) is 13.1 Å². The second kappa shape index (κ2) is 4.12. The molecule has 0 aromatic rings. The molecule has 2 rings (SSSR count). The standard InChI is InChI=1S/C11H20N2/c1-9-3-5-10(6-4-9)11-12-7-2-8-13-11/h9-10H,2-8H2,1H3,(H,12,13). The normalized spacial score (nSPS) is 35.0. The number of hydrogen-bond acceptors (Lipinski definition) is 2. The van der Waals surface area contributed by atoms with Crippen LogP contribution >= 0.6 is 0 Å². The Morgan fingerprint density at radius 3 is 2.62 bits per heavy atom. The minimum atomic E-state index is 0.761. The Morgan fingerprint density at radius 2 is 2.00 bits per heavy atom. The summed E-state index contributed by atoms with van der Waals surface area (Å²) in [6, 6.07) is 0. The van der Waals surface area contributed by atoms with E-state index in [1.54, 1.807) is 0 Å². The van der Waals surface area contributed by atoms with Crippen LogP contribution in [-0.4, -0.2) is 18.9 Å². The van der Waals surface area contributed by atoms with E-state index in [1.807, 2.05) is 0 Å². The molecule has 0 atom stereocenters. The molecule has 0 radical (unpaired) electrons. The van der Waals surface area contributed by atoms with Crippen molar-refractivity contribution < 1.29 is 0 Å². The van der Waals surface area contributed by atoms with Gasteiger partial charge in [0.2, 0.25) is 0 Å². The SMILES string of the molecule is CC1CCC(C2=NCCCN2)CC1. The van der Waals surface area contributed by atoms with Crippen LogP contribution in [0.5, 0.6) is 0 Å². The number of hydrogen-bond donors (Lipinski definition) is 1. The van der Waals surface area contributed by atoms with Crippen molar-refractivity contribution >= 4 is 5.84 Å². The molecule has 74 valence electrons. The topological polar surface area (TPSA) is 24.4 Å². The summed E-state index contributed by atoms with van der Waals surface area (Å²) in [6.07, 6.45) is 6.71. The highest BCUT2D eigenvalue weighted by Crippen LogP contribution is 2.29. The highest BCUT2D eigenvalue weighted by atomic mass is 15.0. The maximum Gasteiger partial charge on any atom is 0.0994 e. The third kappa shape index (κ3) is 2.23. The maximum absolute atomic E-state index is 4.58. The fourth-order valence-corrected chi connectivity index (χ4v) is 2.36. The first-order chi connectivity index (χ1) is 6.36. The lowest BCUT2D eigenvalue weighted by Crippen LogP contribution is -2.36. The lowest BCUT2D eigenvalue weighted by molar-refractivity contribution is 0.338. The van der Waals surface area contributed by atoms with E-state index in [4.69, 9.17) is 0 Å². The molecule has 0 aromatic heterocycles. The zero-order valence-corrected chi connectivity index (χ0v) is 8.55. The summed E-state index contributed by atoms with van der Waals surface area (Å²) in [7, 11) is 0. The first-order valence-electron chi connectivity index (χ1n) is 5.64. The number of nitrogens with zero attached hydrogens (tertiary/aromatic N) is 1. The average Bonchev–Trinajstić information content (AvgIpc) is 2.20. The molecule has 2 nitrogen and oxygen atoms in total. The Balaban J connectivity index is 1.89. The van der Waals surface area contributed by atoms with Gasteiger partial charge in [-0.05, 0) is 25.2 Å². The predicted molar refractivity (Wildman–Crippen MR) is 56.0 cm³/mol. The Bertz CT molecular complexity index is 190. The van der Waals surface area contributed by atoms with Gasteiger partial charge in [-0.25, -0.2) is 0 Å². The Labute approximate surface area is 80.8 Å². The summed E-state index contributed by atoms with van der Waals surface area (Å²) < 4.78 is 0. The van der Waals surface area contributed by atoms with Gasteiger partial charge in [0.15, 0.2) is 0 Å². The van der Waals surface area contributed by atoms with E-state index in [1.165, 1.54) is 37.9 Å². The molecule has 13 heavy (non-hydrogen) atoms. The number of rotatable bonds is 1. The van der Waals surface area contributed by atoms with Gasteiger partial charge in [0.1, 0.15) is 0 Å². The van der Waals surface area contributed by atoms with E-state index in [9.17, 15) is 0 Å². The van der Waals surface area contributed by atoms with E-state index in [2.05, 4.69) is 17.2 Å². The first kappa shape index (κ1) is 9.04. The number of amidine groups is 1. The summed E-state index contributed by atoms with van der Waals surface area (Å²) in [6.45, 7) is 4.56. The summed E-state index contributed by atoms with van der Waals surface area (Å²) >= 11 is 0. The van der Waals surface area contributed by atoms with Crippen LogP contribution in [0.25, 0.3) is 0 Å². The second-order valence-electron chi connectivity index (χ2n) is 4.50. The summed E-state index contributed by atoms with van der Waals surface area (Å²) in [5.41, 5.74) is 0. The molecule has 1 N–H and O–H groups in total. The third-order valence-electron chi connectivity index (χ3n) is 3.33. The van der Waals surface area contributed by atoms with Gasteiger partial charge in [-0.3, -0.25) is 4.99 Å². The first-order valence-corrected chi connectivity index (χ1v) is 5.64. The fraction of sp³-hybridized carbons (Fsp3) is 0.909. The molecule has 1 fully saturated rings. The van der Waals surface area contributed by atoms with Gasteiger partial charge in [-0.15, -0.1) is 0 Å². The molecule has 2 heteroatoms. The largest absolute Gasteiger partial charge is 0.374 e. The molecule has 1 aliphatic heterocycles. The molecular formula is C11H20N2. The quantitative estimate of drug-likeness (QED) is 0.657. The Kier molecular flexibility index (Phi) is 2.87. The van der Waals surface area contributed by atoms with Crippen molar-refractivity contribution in [3.05, 3.63) is 0 Å². The van der Waals surface area contributed by atoms with Crippen LogP contribution < -0.4 is 5.32 Å². The molecular weight excluding hydrogens is 160 g/mol. The molecule has 0 spiro atoms. The molecule has 1 saturated carbocycles. The van der Waals surface area contributed by atoms with Crippen molar-refractivity contribution in [2.45, 2.75) is 39.0 Å². The maximum atomic E-state index is 4.58. The van der Waals surface area contributed by atoms with Crippen LogP contribution in [0.4, 0.5) is 0 Å². The van der Waals surface area contributed by atoms with Gasteiger partial charge in [0.25, 0.3) is 0 Å². The minimum Gasteiger partial charge on any atom is -0.374 e. The molecule has 0 unspecified atom stereocenters. The van der Waals surface area contributed by atoms with Gasteiger partial charge in [-0.1, -0.05) is 19.8 Å². The molecule has 0 amide bonds. The van der Waals surface area contributed by atoms with Crippen LogP contribution in [0.1, 0.15) is 39.0 Å². The lowest BCUT2D eigenvalue weighted by Gasteiger charge is -2.29. The van der Waals surface area contributed by atoms with Crippen molar-refractivity contribution in [1.82, 2.24) is 5.32 Å². The predicted octanol–water partition coefficient (Wildman–Crippen LogP) is 2.20. The number of nitrogens with one attached hydrogen (secondary N) is 1. The van der Waals surface area contributed by atoms with Gasteiger partial charge < -0.3 is 5.32 Å². The van der Waals surface area contributed by atoms with Crippen LogP contribution in [0, 0.1) is 11.8 Å². The van der Waals surface area contributed by atoms with E-state index in [0.29, 0.717) is 0 Å². The highest BCUT2D eigenvalue weighted by molar-refractivity contribution is 5.85. The van der Waals surface area contributed by atoms with Gasteiger partial charge in [0, 0.05) is 19.0 Å². The van der Waals surface area contributed by atoms with E-state index in [0.717, 1.165) is 24.9 Å². The van der Waals surface area contributed by atoms with Crippen molar-refractivity contribution in [3.8, 4) is 0 Å². The summed E-state index contributed by atoms with van der Waals surface area (Å²) in [5.74, 6) is 3.02. The van der Waals surface area contributed by atoms with Crippen LogP contribution in [-0.2, 0) is 0 Å². The molecule has 1 aliphatic carbocycles. The van der Waals surface area contributed by atoms with Crippen molar-refractivity contribution in [2.24, 2.45) is 16.8 Å². The van der Waals surface area contributed by atoms with Crippen molar-refractivity contribution in [1.29, 1.82) is 0 Å². The van der Waals surface area contributed by atoms with Crippen LogP contribution in [0.15, 0.2) is 4.99 Å². The zero-order chi connectivity index (χ0) is 9.10. The zero-order valence-electron chi connectivity index (χ0n) is 8.55. The average molecular weight is 180 g/mol. The summed E-state index contributed by atoms with van der Waals surface area (Å²) in [5, 5.41) is 3.45. The van der Waals surface area contributed by atoms with Crippen LogP contribution in [0.3, 0.4) is 0 Å². The lowest BCUT2D eigenvalue weighted by atomic mass is 9.82. The Hall–Kier alpha value is -0.530. The second-order valence-corrected chi connectivity index (χ2v) is 4.50. The van der Waals surface area contributed by atoms with Crippen molar-refractivity contribution in [3.63, 3.8) is 0 Å². The van der Waals surface area contributed by atoms with Gasteiger partial charge in [0.05, 0.1) is 5.84 Å². The number of aliphatic imine (C=N–C) groups is 1. The van der Waals surface area contributed by atoms with Gasteiger partial charge in [-0.2, -0.15) is 0 Å². The van der Waals surface area contributed by atoms with Crippen LogP contribution in [0.2, 0.25) is 0 Å². The van der Waals surface area contributed by atoms with E-state index in [-0.39, 0.29) is 0 Å². The van der Waals surface area contributed by atoms with E-state index < -0.39 is 0 Å². The molecule has 0 aromatic carbocycles.